The Morgan fingerprint density at radius 1 is 1.32 bits per heavy atom. The molecule has 7 heteroatoms. The lowest BCUT2D eigenvalue weighted by molar-refractivity contribution is -0.139. The van der Waals surface area contributed by atoms with Crippen molar-refractivity contribution in [2.24, 2.45) is 0 Å². The topological polar surface area (TPSA) is 80.6 Å². The predicted octanol–water partition coefficient (Wildman–Crippen LogP) is 3.79. The number of ether oxygens (including phenoxy) is 1. The van der Waals surface area contributed by atoms with Crippen LogP contribution in [0.5, 0.6) is 0 Å². The van der Waals surface area contributed by atoms with Gasteiger partial charge in [-0.2, -0.15) is 0 Å². The molecule has 0 saturated carbocycles. The van der Waals surface area contributed by atoms with E-state index in [0.29, 0.717) is 27.8 Å². The lowest BCUT2D eigenvalue weighted by Gasteiger charge is -2.26. The zero-order chi connectivity index (χ0) is 18.0. The summed E-state index contributed by atoms with van der Waals surface area (Å²) >= 11 is 6.01. The molecule has 2 aromatic rings. The zero-order valence-electron chi connectivity index (χ0n) is 13.8. The van der Waals surface area contributed by atoms with Gasteiger partial charge in [0, 0.05) is 16.3 Å². The number of rotatable bonds is 4. The first-order chi connectivity index (χ1) is 12.0. The number of furan rings is 1. The van der Waals surface area contributed by atoms with Gasteiger partial charge in [-0.25, -0.2) is 9.59 Å². The molecule has 0 unspecified atom stereocenters. The van der Waals surface area contributed by atoms with Crippen LogP contribution in [0.4, 0.5) is 4.79 Å². The van der Waals surface area contributed by atoms with Crippen LogP contribution >= 0.6 is 11.6 Å². The summed E-state index contributed by atoms with van der Waals surface area (Å²) in [5, 5.41) is 5.88. The number of carbonyl (C=O) groups is 2. The van der Waals surface area contributed by atoms with Crippen LogP contribution in [-0.2, 0) is 9.53 Å². The number of nitrogens with one attached hydrogen (secondary N) is 2. The molecule has 3 rings (SSSR count). The van der Waals surface area contributed by atoms with Crippen LogP contribution in [-0.4, -0.2) is 18.6 Å². The van der Waals surface area contributed by atoms with Gasteiger partial charge in [-0.15, -0.1) is 0 Å². The van der Waals surface area contributed by atoms with Crippen molar-refractivity contribution in [3.05, 3.63) is 58.5 Å². The van der Waals surface area contributed by atoms with Gasteiger partial charge in [0.2, 0.25) is 0 Å². The number of hydrogen-bond donors (Lipinski definition) is 2. The minimum atomic E-state index is -0.722. The average molecular weight is 361 g/mol. The molecule has 25 heavy (non-hydrogen) atoms. The van der Waals surface area contributed by atoms with Crippen molar-refractivity contribution in [3.8, 4) is 11.3 Å². The molecular weight excluding hydrogens is 344 g/mol. The van der Waals surface area contributed by atoms with Gasteiger partial charge in [-0.05, 0) is 38.1 Å². The molecule has 1 aromatic heterocycles. The summed E-state index contributed by atoms with van der Waals surface area (Å²) in [6, 6.07) is 9.60. The molecule has 130 valence electrons. The van der Waals surface area contributed by atoms with E-state index in [2.05, 4.69) is 10.6 Å². The van der Waals surface area contributed by atoms with Crippen molar-refractivity contribution in [1.29, 1.82) is 0 Å². The maximum absolute atomic E-state index is 12.3. The van der Waals surface area contributed by atoms with Crippen LogP contribution < -0.4 is 10.6 Å². The van der Waals surface area contributed by atoms with Crippen molar-refractivity contribution >= 4 is 23.6 Å². The molecular formula is C18H17ClN2O4. The Bertz CT molecular complexity index is 856. The monoisotopic (exact) mass is 360 g/mol. The average Bonchev–Trinajstić information content (AvgIpc) is 3.04. The highest BCUT2D eigenvalue weighted by atomic mass is 35.5. The molecule has 0 saturated heterocycles. The quantitative estimate of drug-likeness (QED) is 0.813. The van der Waals surface area contributed by atoms with E-state index >= 15 is 0 Å². The number of halogens is 1. The van der Waals surface area contributed by atoms with Crippen molar-refractivity contribution in [3.63, 3.8) is 0 Å². The fourth-order valence-corrected chi connectivity index (χ4v) is 2.88. The third-order valence-corrected chi connectivity index (χ3v) is 4.02. The Morgan fingerprint density at radius 3 is 2.84 bits per heavy atom. The van der Waals surface area contributed by atoms with Gasteiger partial charge in [-0.1, -0.05) is 23.7 Å². The van der Waals surface area contributed by atoms with Crippen molar-refractivity contribution in [2.75, 3.05) is 6.61 Å². The molecule has 1 aliphatic heterocycles. The van der Waals surface area contributed by atoms with Gasteiger partial charge in [0.1, 0.15) is 17.6 Å². The number of carbonyl (C=O) groups excluding carboxylic acids is 2. The highest BCUT2D eigenvalue weighted by molar-refractivity contribution is 6.30. The van der Waals surface area contributed by atoms with Gasteiger partial charge >= 0.3 is 12.0 Å². The maximum atomic E-state index is 12.3. The van der Waals surface area contributed by atoms with Gasteiger partial charge in [0.25, 0.3) is 0 Å². The summed E-state index contributed by atoms with van der Waals surface area (Å²) in [6.45, 7) is 3.61. The van der Waals surface area contributed by atoms with Crippen molar-refractivity contribution in [1.82, 2.24) is 10.6 Å². The summed E-state index contributed by atoms with van der Waals surface area (Å²) in [6.07, 6.45) is 0. The van der Waals surface area contributed by atoms with Crippen LogP contribution in [0.1, 0.15) is 25.6 Å². The zero-order valence-corrected chi connectivity index (χ0v) is 14.5. The third-order valence-electron chi connectivity index (χ3n) is 3.78. The minimum absolute atomic E-state index is 0.238. The molecule has 2 amide bonds. The van der Waals surface area contributed by atoms with Gasteiger partial charge in [0.15, 0.2) is 0 Å². The number of amides is 2. The molecule has 1 atom stereocenters. The van der Waals surface area contributed by atoms with Crippen LogP contribution in [0, 0.1) is 0 Å². The summed E-state index contributed by atoms with van der Waals surface area (Å²) in [5.41, 5.74) is 1.55. The molecule has 0 radical (unpaired) electrons. The summed E-state index contributed by atoms with van der Waals surface area (Å²) in [4.78, 5) is 24.1. The number of urea groups is 1. The van der Waals surface area contributed by atoms with Gasteiger partial charge < -0.3 is 19.8 Å². The Balaban J connectivity index is 1.98. The first-order valence-electron chi connectivity index (χ1n) is 7.80. The van der Waals surface area contributed by atoms with Crippen LogP contribution in [0.15, 0.2) is 52.1 Å². The van der Waals surface area contributed by atoms with E-state index in [1.165, 1.54) is 0 Å². The molecule has 0 fully saturated rings. The summed E-state index contributed by atoms with van der Waals surface area (Å²) in [7, 11) is 0. The predicted molar refractivity (Wildman–Crippen MR) is 92.9 cm³/mol. The number of hydrogen-bond acceptors (Lipinski definition) is 4. The lowest BCUT2D eigenvalue weighted by atomic mass is 10.0. The SMILES string of the molecule is CCOC(=O)C1=C(C)NC(=O)N[C@@H]1c1ccc(-c2cccc(Cl)c2)o1. The molecule has 2 N–H and O–H groups in total. The molecule has 1 aliphatic rings. The lowest BCUT2D eigenvalue weighted by Crippen LogP contribution is -2.45. The number of allylic oxidation sites excluding steroid dienone is 1. The summed E-state index contributed by atoms with van der Waals surface area (Å²) in [5.74, 6) is 0.525. The van der Waals surface area contributed by atoms with Crippen molar-refractivity contribution < 1.29 is 18.7 Å². The van der Waals surface area contributed by atoms with Gasteiger partial charge in [0.05, 0.1) is 12.2 Å². The van der Waals surface area contributed by atoms with Gasteiger partial charge in [-0.3, -0.25) is 0 Å². The van der Waals surface area contributed by atoms with Crippen LogP contribution in [0.2, 0.25) is 5.02 Å². The van der Waals surface area contributed by atoms with E-state index in [0.717, 1.165) is 5.56 Å². The van der Waals surface area contributed by atoms with Crippen LogP contribution in [0.25, 0.3) is 11.3 Å². The van der Waals surface area contributed by atoms with E-state index in [1.54, 1.807) is 38.1 Å². The Hall–Kier alpha value is -2.73. The van der Waals surface area contributed by atoms with E-state index in [1.807, 2.05) is 12.1 Å². The van der Waals surface area contributed by atoms with E-state index < -0.39 is 18.0 Å². The second-order valence-corrected chi connectivity index (χ2v) is 5.94. The second-order valence-electron chi connectivity index (χ2n) is 5.50. The van der Waals surface area contributed by atoms with Crippen LogP contribution in [0.3, 0.4) is 0 Å². The largest absolute Gasteiger partial charge is 0.463 e. The minimum Gasteiger partial charge on any atom is -0.463 e. The Morgan fingerprint density at radius 2 is 2.12 bits per heavy atom. The number of benzene rings is 1. The fraction of sp³-hybridized carbons (Fsp3) is 0.222. The first kappa shape index (κ1) is 17.1. The molecule has 0 spiro atoms. The van der Waals surface area contributed by atoms with E-state index in [-0.39, 0.29) is 6.61 Å². The maximum Gasteiger partial charge on any atom is 0.338 e. The third kappa shape index (κ3) is 3.53. The van der Waals surface area contributed by atoms with E-state index in [4.69, 9.17) is 20.8 Å². The molecule has 0 aliphatic carbocycles. The Labute approximate surface area is 149 Å². The normalized spacial score (nSPS) is 17.1. The number of esters is 1. The second kappa shape index (κ2) is 7.03. The van der Waals surface area contributed by atoms with Crippen molar-refractivity contribution in [2.45, 2.75) is 19.9 Å². The standard InChI is InChI=1S/C18H17ClN2O4/c1-3-24-17(22)15-10(2)20-18(23)21-16(15)14-8-7-13(25-14)11-5-4-6-12(19)9-11/h4-9,16H,3H2,1-2H3,(H2,20,21,23)/t16-/m1/s1. The highest BCUT2D eigenvalue weighted by Gasteiger charge is 2.34. The molecule has 0 bridgehead atoms. The first-order valence-corrected chi connectivity index (χ1v) is 8.18. The Kier molecular flexibility index (Phi) is 4.81. The molecule has 1 aromatic carbocycles. The molecule has 6 nitrogen and oxygen atoms in total. The highest BCUT2D eigenvalue weighted by Crippen LogP contribution is 2.32. The fourth-order valence-electron chi connectivity index (χ4n) is 2.69. The summed E-state index contributed by atoms with van der Waals surface area (Å²) < 4.78 is 11.0. The van der Waals surface area contributed by atoms with E-state index in [9.17, 15) is 9.59 Å². The molecule has 2 heterocycles. The smallest absolute Gasteiger partial charge is 0.338 e.